The topological polar surface area (TPSA) is 84.5 Å². The summed E-state index contributed by atoms with van der Waals surface area (Å²) in [6.07, 6.45) is 0. The summed E-state index contributed by atoms with van der Waals surface area (Å²) in [4.78, 5) is 12.7. The molecular formula is C24H26N2O4S. The largest absolute Gasteiger partial charge is 0.492 e. The highest BCUT2D eigenvalue weighted by atomic mass is 32.2. The van der Waals surface area contributed by atoms with E-state index in [0.717, 1.165) is 22.4 Å². The van der Waals surface area contributed by atoms with Gasteiger partial charge < -0.3 is 10.1 Å². The van der Waals surface area contributed by atoms with Gasteiger partial charge in [-0.15, -0.1) is 0 Å². The molecule has 0 radical (unpaired) electrons. The van der Waals surface area contributed by atoms with E-state index in [2.05, 4.69) is 10.0 Å². The van der Waals surface area contributed by atoms with Crippen molar-refractivity contribution in [2.45, 2.75) is 25.7 Å². The zero-order chi connectivity index (χ0) is 22.4. The number of nitrogens with one attached hydrogen (secondary N) is 2. The molecule has 0 aliphatic heterocycles. The molecule has 0 bridgehead atoms. The lowest BCUT2D eigenvalue weighted by atomic mass is 10.1. The molecule has 7 heteroatoms. The Kier molecular flexibility index (Phi) is 6.97. The van der Waals surface area contributed by atoms with Crippen molar-refractivity contribution in [3.05, 3.63) is 89.0 Å². The van der Waals surface area contributed by atoms with E-state index < -0.39 is 10.0 Å². The highest BCUT2D eigenvalue weighted by Gasteiger charge is 2.16. The Bertz CT molecular complexity index is 1160. The van der Waals surface area contributed by atoms with E-state index in [1.54, 1.807) is 43.3 Å². The molecule has 0 atom stereocenters. The summed E-state index contributed by atoms with van der Waals surface area (Å²) in [5, 5.41) is 2.79. The van der Waals surface area contributed by atoms with Crippen LogP contribution >= 0.6 is 0 Å². The number of hydrogen-bond donors (Lipinski definition) is 2. The summed E-state index contributed by atoms with van der Waals surface area (Å²) in [6.45, 7) is 6.32. The SMILES string of the molecule is Cc1ccc(OCCNC(=O)c2ccc(C)c(NS(=O)(=O)c3ccc(C)cc3)c2)cc1. The van der Waals surface area contributed by atoms with Gasteiger partial charge in [-0.2, -0.15) is 0 Å². The van der Waals surface area contributed by atoms with Gasteiger partial charge in [-0.1, -0.05) is 41.5 Å². The first-order valence-electron chi connectivity index (χ1n) is 9.92. The first-order chi connectivity index (χ1) is 14.7. The molecule has 3 rings (SSSR count). The van der Waals surface area contributed by atoms with Crippen molar-refractivity contribution in [2.24, 2.45) is 0 Å². The summed E-state index contributed by atoms with van der Waals surface area (Å²) in [5.41, 5.74) is 3.57. The van der Waals surface area contributed by atoms with Crippen LogP contribution < -0.4 is 14.8 Å². The number of anilines is 1. The quantitative estimate of drug-likeness (QED) is 0.516. The summed E-state index contributed by atoms with van der Waals surface area (Å²) < 4.78 is 33.6. The zero-order valence-electron chi connectivity index (χ0n) is 17.8. The number of benzene rings is 3. The highest BCUT2D eigenvalue weighted by molar-refractivity contribution is 7.92. The molecule has 0 fully saturated rings. The number of sulfonamides is 1. The van der Waals surface area contributed by atoms with Crippen molar-refractivity contribution in [1.82, 2.24) is 5.32 Å². The molecule has 3 aromatic carbocycles. The Balaban J connectivity index is 1.62. The van der Waals surface area contributed by atoms with Crippen LogP contribution in [-0.2, 0) is 10.0 Å². The molecule has 0 spiro atoms. The number of hydrogen-bond acceptors (Lipinski definition) is 4. The number of carbonyl (C=O) groups excluding carboxylic acids is 1. The van der Waals surface area contributed by atoms with Gasteiger partial charge in [0.1, 0.15) is 12.4 Å². The normalized spacial score (nSPS) is 11.1. The van der Waals surface area contributed by atoms with E-state index in [1.165, 1.54) is 6.07 Å². The van der Waals surface area contributed by atoms with E-state index in [9.17, 15) is 13.2 Å². The van der Waals surface area contributed by atoms with Crippen LogP contribution in [0.3, 0.4) is 0 Å². The Morgan fingerprint density at radius 1 is 0.871 bits per heavy atom. The Labute approximate surface area is 183 Å². The first kappa shape index (κ1) is 22.4. The Morgan fingerprint density at radius 2 is 1.48 bits per heavy atom. The predicted octanol–water partition coefficient (Wildman–Crippen LogP) is 4.22. The van der Waals surface area contributed by atoms with Crippen molar-refractivity contribution >= 4 is 21.6 Å². The Hall–Kier alpha value is -3.32. The van der Waals surface area contributed by atoms with Crippen LogP contribution in [0.5, 0.6) is 5.75 Å². The predicted molar refractivity (Wildman–Crippen MR) is 122 cm³/mol. The molecule has 0 aromatic heterocycles. The minimum Gasteiger partial charge on any atom is -0.492 e. The van der Waals surface area contributed by atoms with Crippen molar-refractivity contribution < 1.29 is 17.9 Å². The summed E-state index contributed by atoms with van der Waals surface area (Å²) in [7, 11) is -3.75. The van der Waals surface area contributed by atoms with Crippen molar-refractivity contribution in [2.75, 3.05) is 17.9 Å². The minimum atomic E-state index is -3.75. The molecule has 3 aromatic rings. The second kappa shape index (κ2) is 9.66. The number of rotatable bonds is 8. The van der Waals surface area contributed by atoms with Gasteiger partial charge in [0.15, 0.2) is 0 Å². The van der Waals surface area contributed by atoms with Gasteiger partial charge in [0.05, 0.1) is 17.1 Å². The number of ether oxygens (including phenoxy) is 1. The minimum absolute atomic E-state index is 0.167. The van der Waals surface area contributed by atoms with Gasteiger partial charge in [0.25, 0.3) is 15.9 Å². The summed E-state index contributed by atoms with van der Waals surface area (Å²) >= 11 is 0. The molecule has 0 unspecified atom stereocenters. The van der Waals surface area contributed by atoms with Crippen molar-refractivity contribution in [3.8, 4) is 5.75 Å². The smallest absolute Gasteiger partial charge is 0.261 e. The molecule has 1 amide bonds. The van der Waals surface area contributed by atoms with Gasteiger partial charge in [-0.3, -0.25) is 9.52 Å². The van der Waals surface area contributed by atoms with Gasteiger partial charge in [0, 0.05) is 5.56 Å². The lowest BCUT2D eigenvalue weighted by Crippen LogP contribution is -2.28. The lowest BCUT2D eigenvalue weighted by molar-refractivity contribution is 0.0947. The van der Waals surface area contributed by atoms with Crippen LogP contribution in [0, 0.1) is 20.8 Å². The van der Waals surface area contributed by atoms with E-state index in [4.69, 9.17) is 4.74 Å². The van der Waals surface area contributed by atoms with E-state index >= 15 is 0 Å². The van der Waals surface area contributed by atoms with Crippen molar-refractivity contribution in [1.29, 1.82) is 0 Å². The molecule has 0 heterocycles. The maximum Gasteiger partial charge on any atom is 0.261 e. The fourth-order valence-electron chi connectivity index (χ4n) is 2.86. The molecule has 31 heavy (non-hydrogen) atoms. The maximum atomic E-state index is 12.7. The highest BCUT2D eigenvalue weighted by Crippen LogP contribution is 2.21. The first-order valence-corrected chi connectivity index (χ1v) is 11.4. The van der Waals surface area contributed by atoms with Gasteiger partial charge in [-0.05, 0) is 62.7 Å². The average molecular weight is 439 g/mol. The van der Waals surface area contributed by atoms with Gasteiger partial charge in [0.2, 0.25) is 0 Å². The maximum absolute atomic E-state index is 12.7. The van der Waals surface area contributed by atoms with E-state index in [1.807, 2.05) is 38.1 Å². The van der Waals surface area contributed by atoms with Crippen LogP contribution in [0.25, 0.3) is 0 Å². The van der Waals surface area contributed by atoms with Crippen molar-refractivity contribution in [3.63, 3.8) is 0 Å². The zero-order valence-corrected chi connectivity index (χ0v) is 18.6. The molecule has 0 aliphatic rings. The molecular weight excluding hydrogens is 412 g/mol. The number of carbonyl (C=O) groups is 1. The molecule has 162 valence electrons. The fraction of sp³-hybridized carbons (Fsp3) is 0.208. The standard InChI is InChI=1S/C24H26N2O4S/c1-17-4-10-21(11-5-17)30-15-14-25-24(27)20-9-8-19(3)23(16-20)26-31(28,29)22-12-6-18(2)7-13-22/h4-13,16,26H,14-15H2,1-3H3,(H,25,27). The summed E-state index contributed by atoms with van der Waals surface area (Å²) in [5.74, 6) is 0.436. The molecule has 6 nitrogen and oxygen atoms in total. The van der Waals surface area contributed by atoms with Crippen LogP contribution in [0.15, 0.2) is 71.6 Å². The van der Waals surface area contributed by atoms with Crippen LogP contribution in [-0.4, -0.2) is 27.5 Å². The second-order valence-electron chi connectivity index (χ2n) is 7.37. The lowest BCUT2D eigenvalue weighted by Gasteiger charge is -2.13. The number of amides is 1. The van der Waals surface area contributed by atoms with Crippen LogP contribution in [0.2, 0.25) is 0 Å². The average Bonchev–Trinajstić information content (AvgIpc) is 2.74. The fourth-order valence-corrected chi connectivity index (χ4v) is 3.99. The van der Waals surface area contributed by atoms with Gasteiger partial charge in [-0.25, -0.2) is 8.42 Å². The molecule has 0 saturated heterocycles. The molecule has 0 aliphatic carbocycles. The van der Waals surface area contributed by atoms with Crippen LogP contribution in [0.4, 0.5) is 5.69 Å². The third-order valence-electron chi connectivity index (χ3n) is 4.75. The van der Waals surface area contributed by atoms with E-state index in [0.29, 0.717) is 24.4 Å². The third kappa shape index (κ3) is 6.08. The number of aryl methyl sites for hydroxylation is 3. The molecule has 2 N–H and O–H groups in total. The van der Waals surface area contributed by atoms with E-state index in [-0.39, 0.29) is 10.8 Å². The molecule has 0 saturated carbocycles. The Morgan fingerprint density at radius 3 is 2.13 bits per heavy atom. The third-order valence-corrected chi connectivity index (χ3v) is 6.13. The van der Waals surface area contributed by atoms with Crippen LogP contribution in [0.1, 0.15) is 27.0 Å². The second-order valence-corrected chi connectivity index (χ2v) is 9.05. The van der Waals surface area contributed by atoms with Gasteiger partial charge >= 0.3 is 0 Å². The monoisotopic (exact) mass is 438 g/mol. The summed E-state index contributed by atoms with van der Waals surface area (Å²) in [6, 6.07) is 19.2.